The molecular weight excluding hydrogens is 637 g/mol. The second kappa shape index (κ2) is 11.8. The summed E-state index contributed by atoms with van der Waals surface area (Å²) in [6.45, 7) is 6.95. The Labute approximate surface area is 301 Å². The van der Waals surface area contributed by atoms with E-state index in [0.717, 1.165) is 22.6 Å². The van der Waals surface area contributed by atoms with E-state index in [4.69, 9.17) is 0 Å². The van der Waals surface area contributed by atoms with Gasteiger partial charge in [0.2, 0.25) is 0 Å². The second-order valence-corrected chi connectivity index (χ2v) is 14.8. The molecule has 242 valence electrons. The Bertz CT molecular complexity index is 2880. The lowest BCUT2D eigenvalue weighted by molar-refractivity contribution is 1.03. The minimum absolute atomic E-state index is 0.145. The van der Waals surface area contributed by atoms with Crippen LogP contribution < -0.4 is 4.90 Å². The van der Waals surface area contributed by atoms with Gasteiger partial charge in [-0.2, -0.15) is 0 Å². The van der Waals surface area contributed by atoms with Crippen LogP contribution >= 0.6 is 11.8 Å². The van der Waals surface area contributed by atoms with Crippen molar-refractivity contribution in [3.63, 3.8) is 0 Å². The van der Waals surface area contributed by atoms with Gasteiger partial charge < -0.3 is 9.47 Å². The third-order valence-corrected chi connectivity index (χ3v) is 11.6. The highest BCUT2D eigenvalue weighted by molar-refractivity contribution is 8.00. The first-order chi connectivity index (χ1) is 25.1. The van der Waals surface area contributed by atoms with E-state index in [0.29, 0.717) is 0 Å². The third kappa shape index (κ3) is 4.73. The van der Waals surface area contributed by atoms with Gasteiger partial charge in [0.05, 0.1) is 16.7 Å². The van der Waals surface area contributed by atoms with Gasteiger partial charge in [-0.25, -0.2) is 0 Å². The summed E-state index contributed by atoms with van der Waals surface area (Å²) in [4.78, 5) is 3.76. The highest BCUT2D eigenvalue weighted by Gasteiger charge is 2.28. The van der Waals surface area contributed by atoms with Crippen molar-refractivity contribution in [3.05, 3.63) is 188 Å². The van der Waals surface area contributed by atoms with E-state index in [2.05, 4.69) is 193 Å². The molecule has 2 heterocycles. The Morgan fingerprint density at radius 3 is 2.16 bits per heavy atom. The monoisotopic (exact) mass is 670 g/mol. The van der Waals surface area contributed by atoms with Crippen LogP contribution in [0.25, 0.3) is 65.4 Å². The van der Waals surface area contributed by atoms with Gasteiger partial charge in [-0.3, -0.25) is 0 Å². The quantitative estimate of drug-likeness (QED) is 0.172. The summed E-state index contributed by atoms with van der Waals surface area (Å²) in [6, 6.07) is 59.8. The van der Waals surface area contributed by atoms with Crippen LogP contribution in [0.2, 0.25) is 0 Å². The van der Waals surface area contributed by atoms with Crippen LogP contribution in [0.4, 0.5) is 11.4 Å². The van der Waals surface area contributed by atoms with Crippen molar-refractivity contribution < 1.29 is 0 Å². The number of nitrogens with zero attached hydrogens (tertiary/aromatic N) is 2. The summed E-state index contributed by atoms with van der Waals surface area (Å²) < 4.78 is 2.44. The fourth-order valence-corrected chi connectivity index (χ4v) is 9.28. The van der Waals surface area contributed by atoms with Crippen LogP contribution in [-0.4, -0.2) is 9.82 Å². The summed E-state index contributed by atoms with van der Waals surface area (Å²) in [7, 11) is 0. The fourth-order valence-electron chi connectivity index (χ4n) is 8.12. The number of benzene rings is 8. The molecule has 3 heteroatoms. The van der Waals surface area contributed by atoms with Crippen LogP contribution in [0.3, 0.4) is 0 Å². The normalized spacial score (nSPS) is 14.6. The highest BCUT2D eigenvalue weighted by atomic mass is 32.2. The molecule has 51 heavy (non-hydrogen) atoms. The molecule has 0 amide bonds. The molecule has 0 saturated heterocycles. The number of aromatic nitrogens is 1. The number of hydrogen-bond donors (Lipinski definition) is 0. The maximum atomic E-state index is 4.62. The van der Waals surface area contributed by atoms with Gasteiger partial charge in [0.25, 0.3) is 0 Å². The lowest BCUT2D eigenvalue weighted by Crippen LogP contribution is -2.23. The Morgan fingerprint density at radius 2 is 1.27 bits per heavy atom. The molecular formula is C48H34N2S. The van der Waals surface area contributed by atoms with Gasteiger partial charge >= 0.3 is 0 Å². The van der Waals surface area contributed by atoms with Crippen LogP contribution in [-0.2, 0) is 0 Å². The van der Waals surface area contributed by atoms with Gasteiger partial charge in [-0.05, 0) is 98.9 Å². The highest BCUT2D eigenvalue weighted by Crippen LogP contribution is 2.47. The van der Waals surface area contributed by atoms with Crippen LogP contribution in [0.1, 0.15) is 12.5 Å². The Kier molecular flexibility index (Phi) is 6.90. The number of allylic oxidation sites excluding steroid dienone is 2. The van der Waals surface area contributed by atoms with E-state index in [1.807, 2.05) is 11.8 Å². The van der Waals surface area contributed by atoms with E-state index >= 15 is 0 Å². The molecule has 0 spiro atoms. The molecule has 0 radical (unpaired) electrons. The predicted molar refractivity (Wildman–Crippen MR) is 221 cm³/mol. The SMILES string of the molecule is C=C1C=C(N(c2ccc3c(ccc4ccc5ccccc5c43)c2)c2cccc3c4ccccc4n(-c4ccccc4)c23)C(C)Sc2ccccc21. The van der Waals surface area contributed by atoms with Gasteiger partial charge in [0, 0.05) is 38.0 Å². The van der Waals surface area contributed by atoms with Crippen molar-refractivity contribution in [1.82, 2.24) is 4.57 Å². The molecule has 0 saturated carbocycles. The van der Waals surface area contributed by atoms with Crippen molar-refractivity contribution in [2.24, 2.45) is 0 Å². The van der Waals surface area contributed by atoms with Crippen molar-refractivity contribution in [1.29, 1.82) is 0 Å². The number of fused-ring (bicyclic) bond motifs is 9. The van der Waals surface area contributed by atoms with Crippen LogP contribution in [0, 0.1) is 0 Å². The largest absolute Gasteiger partial charge is 0.311 e. The van der Waals surface area contributed by atoms with Gasteiger partial charge in [-0.1, -0.05) is 128 Å². The molecule has 1 unspecified atom stereocenters. The summed E-state index contributed by atoms with van der Waals surface area (Å²) in [5.74, 6) is 0. The maximum Gasteiger partial charge on any atom is 0.0782 e. The molecule has 10 rings (SSSR count). The molecule has 1 aliphatic rings. The summed E-state index contributed by atoms with van der Waals surface area (Å²) in [6.07, 6.45) is 2.32. The molecule has 0 aliphatic carbocycles. The van der Waals surface area contributed by atoms with Gasteiger partial charge in [0.1, 0.15) is 0 Å². The molecule has 1 atom stereocenters. The number of anilines is 2. The minimum atomic E-state index is 0.145. The van der Waals surface area contributed by atoms with Crippen molar-refractivity contribution in [2.75, 3.05) is 4.90 Å². The molecule has 1 aliphatic heterocycles. The molecule has 2 nitrogen and oxygen atoms in total. The topological polar surface area (TPSA) is 8.17 Å². The van der Waals surface area contributed by atoms with E-state index < -0.39 is 0 Å². The van der Waals surface area contributed by atoms with Crippen LogP contribution in [0.15, 0.2) is 187 Å². The Morgan fingerprint density at radius 1 is 0.588 bits per heavy atom. The van der Waals surface area contributed by atoms with Crippen molar-refractivity contribution in [3.8, 4) is 5.69 Å². The van der Waals surface area contributed by atoms with Crippen LogP contribution in [0.5, 0.6) is 0 Å². The zero-order valence-corrected chi connectivity index (χ0v) is 29.1. The molecule has 0 N–H and O–H groups in total. The van der Waals surface area contributed by atoms with Crippen molar-refractivity contribution >= 4 is 82.8 Å². The van der Waals surface area contributed by atoms with Crippen molar-refractivity contribution in [2.45, 2.75) is 17.1 Å². The van der Waals surface area contributed by atoms with E-state index in [9.17, 15) is 0 Å². The van der Waals surface area contributed by atoms with E-state index in [1.54, 1.807) is 0 Å². The van der Waals surface area contributed by atoms with Gasteiger partial charge in [0.15, 0.2) is 0 Å². The predicted octanol–water partition coefficient (Wildman–Crippen LogP) is 13.5. The number of para-hydroxylation sites is 3. The lowest BCUT2D eigenvalue weighted by atomic mass is 9.96. The number of hydrogen-bond acceptors (Lipinski definition) is 2. The zero-order chi connectivity index (χ0) is 34.1. The molecule has 1 aromatic heterocycles. The van der Waals surface area contributed by atoms with E-state index in [-0.39, 0.29) is 5.25 Å². The summed E-state index contributed by atoms with van der Waals surface area (Å²) >= 11 is 1.90. The Hall–Kier alpha value is -6.03. The maximum absolute atomic E-state index is 4.62. The molecule has 9 aromatic rings. The molecule has 0 bridgehead atoms. The van der Waals surface area contributed by atoms with Gasteiger partial charge in [-0.15, -0.1) is 11.8 Å². The average molecular weight is 671 g/mol. The summed E-state index contributed by atoms with van der Waals surface area (Å²) in [5, 5.41) is 10.2. The second-order valence-electron chi connectivity index (χ2n) is 13.4. The standard InChI is InChI=1S/C48H34N2S/c1-31-29-45(32(2)51-46-22-11-9-16-38(31)46)49(37-27-28-40-35(30-37)26-25-34-24-23-33-13-6-7-17-39(33)47(34)40)44-21-12-19-42-41-18-8-10-20-43(41)50(48(42)44)36-14-4-3-5-15-36/h3-30,32H,1H2,2H3. The first-order valence-electron chi connectivity index (χ1n) is 17.5. The smallest absolute Gasteiger partial charge is 0.0782 e. The first-order valence-corrected chi connectivity index (χ1v) is 18.4. The minimum Gasteiger partial charge on any atom is -0.311 e. The third-order valence-electron chi connectivity index (χ3n) is 10.4. The first kappa shape index (κ1) is 29.8. The number of thioether (sulfide) groups is 1. The molecule has 8 aromatic carbocycles. The van der Waals surface area contributed by atoms with E-state index in [1.165, 1.54) is 70.3 Å². The summed E-state index contributed by atoms with van der Waals surface area (Å²) in [5.41, 5.74) is 9.19. The lowest BCUT2D eigenvalue weighted by Gasteiger charge is -2.32. The molecule has 0 fully saturated rings. The fraction of sp³-hybridized carbons (Fsp3) is 0.0417. The zero-order valence-electron chi connectivity index (χ0n) is 28.3. The average Bonchev–Trinajstić information content (AvgIpc) is 3.46. The number of rotatable bonds is 4. The Balaban J connectivity index is 1.28.